The molecule has 1 saturated heterocycles. The molecule has 1 aliphatic heterocycles. The van der Waals surface area contributed by atoms with Crippen LogP contribution in [0.4, 0.5) is 0 Å². The minimum atomic E-state index is -0.663. The number of carbonyl (C=O) groups is 1. The SMILES string of the molecule is CCC(C(=O)O)N1CCCCCC1.Cl. The maximum absolute atomic E-state index is 10.9. The molecule has 0 saturated carbocycles. The van der Waals surface area contributed by atoms with Gasteiger partial charge in [-0.25, -0.2) is 0 Å². The van der Waals surface area contributed by atoms with E-state index in [1.54, 1.807) is 0 Å². The maximum atomic E-state index is 10.9. The van der Waals surface area contributed by atoms with Crippen LogP contribution in [0.1, 0.15) is 39.0 Å². The number of rotatable bonds is 3. The van der Waals surface area contributed by atoms with Gasteiger partial charge in [0.2, 0.25) is 0 Å². The summed E-state index contributed by atoms with van der Waals surface area (Å²) >= 11 is 0. The van der Waals surface area contributed by atoms with Crippen molar-refractivity contribution in [2.75, 3.05) is 13.1 Å². The van der Waals surface area contributed by atoms with Crippen LogP contribution in [0, 0.1) is 0 Å². The minimum absolute atomic E-state index is 0. The highest BCUT2D eigenvalue weighted by Gasteiger charge is 2.23. The van der Waals surface area contributed by atoms with Crippen LogP contribution < -0.4 is 0 Å². The summed E-state index contributed by atoms with van der Waals surface area (Å²) in [5, 5.41) is 8.98. The molecule has 0 amide bonds. The number of aliphatic carboxylic acids is 1. The molecule has 14 heavy (non-hydrogen) atoms. The van der Waals surface area contributed by atoms with E-state index >= 15 is 0 Å². The van der Waals surface area contributed by atoms with Crippen molar-refractivity contribution in [1.82, 2.24) is 4.90 Å². The van der Waals surface area contributed by atoms with E-state index in [-0.39, 0.29) is 18.4 Å². The van der Waals surface area contributed by atoms with Crippen molar-refractivity contribution in [3.8, 4) is 0 Å². The third-order valence-corrected chi connectivity index (χ3v) is 2.75. The van der Waals surface area contributed by atoms with Crippen LogP contribution >= 0.6 is 12.4 Å². The molecule has 1 unspecified atom stereocenters. The lowest BCUT2D eigenvalue weighted by molar-refractivity contribution is -0.143. The molecule has 1 rings (SSSR count). The summed E-state index contributed by atoms with van der Waals surface area (Å²) in [6, 6.07) is -0.252. The van der Waals surface area contributed by atoms with Crippen LogP contribution in [0.3, 0.4) is 0 Å². The second-order valence-electron chi connectivity index (χ2n) is 3.71. The van der Waals surface area contributed by atoms with Crippen molar-refractivity contribution in [3.63, 3.8) is 0 Å². The van der Waals surface area contributed by atoms with Crippen molar-refractivity contribution < 1.29 is 9.90 Å². The van der Waals surface area contributed by atoms with Crippen molar-refractivity contribution in [3.05, 3.63) is 0 Å². The zero-order valence-electron chi connectivity index (χ0n) is 8.74. The van der Waals surface area contributed by atoms with Crippen LogP contribution in [0.2, 0.25) is 0 Å². The molecule has 4 heteroatoms. The summed E-state index contributed by atoms with van der Waals surface area (Å²) in [5.74, 6) is -0.663. The van der Waals surface area contributed by atoms with Gasteiger partial charge in [-0.2, -0.15) is 0 Å². The first-order valence-corrected chi connectivity index (χ1v) is 5.22. The van der Waals surface area contributed by atoms with E-state index in [1.807, 2.05) is 6.92 Å². The third-order valence-electron chi connectivity index (χ3n) is 2.75. The highest BCUT2D eigenvalue weighted by Crippen LogP contribution is 2.14. The normalized spacial score (nSPS) is 20.6. The fourth-order valence-corrected chi connectivity index (χ4v) is 2.00. The predicted octanol–water partition coefficient (Wildman–Crippen LogP) is 2.15. The van der Waals surface area contributed by atoms with Crippen molar-refractivity contribution in [2.45, 2.75) is 45.1 Å². The van der Waals surface area contributed by atoms with Gasteiger partial charge in [-0.3, -0.25) is 9.69 Å². The maximum Gasteiger partial charge on any atom is 0.320 e. The van der Waals surface area contributed by atoms with Gasteiger partial charge in [0.05, 0.1) is 0 Å². The van der Waals surface area contributed by atoms with E-state index in [1.165, 1.54) is 12.8 Å². The fraction of sp³-hybridized carbons (Fsp3) is 0.900. The van der Waals surface area contributed by atoms with Gasteiger partial charge in [0.25, 0.3) is 0 Å². The number of hydrogen-bond acceptors (Lipinski definition) is 2. The van der Waals surface area contributed by atoms with Crippen LogP contribution in [0.5, 0.6) is 0 Å². The lowest BCUT2D eigenvalue weighted by atomic mass is 10.2. The average Bonchev–Trinajstić information content (AvgIpc) is 2.33. The quantitative estimate of drug-likeness (QED) is 0.794. The van der Waals surface area contributed by atoms with Crippen LogP contribution in [0.15, 0.2) is 0 Å². The highest BCUT2D eigenvalue weighted by molar-refractivity contribution is 5.85. The lowest BCUT2D eigenvalue weighted by Crippen LogP contribution is -2.41. The van der Waals surface area contributed by atoms with E-state index in [0.29, 0.717) is 0 Å². The van der Waals surface area contributed by atoms with Crippen LogP contribution in [-0.2, 0) is 4.79 Å². The van der Waals surface area contributed by atoms with Crippen LogP contribution in [0.25, 0.3) is 0 Å². The molecule has 0 aromatic carbocycles. The molecule has 0 aliphatic carbocycles. The molecule has 84 valence electrons. The molecule has 0 bridgehead atoms. The number of likely N-dealkylation sites (tertiary alicyclic amines) is 1. The molecule has 1 heterocycles. The third kappa shape index (κ3) is 3.84. The zero-order valence-corrected chi connectivity index (χ0v) is 9.55. The van der Waals surface area contributed by atoms with E-state index in [9.17, 15) is 4.79 Å². The first-order valence-electron chi connectivity index (χ1n) is 5.22. The predicted molar refractivity (Wildman–Crippen MR) is 59.0 cm³/mol. The van der Waals surface area contributed by atoms with E-state index in [0.717, 1.165) is 32.4 Å². The molecule has 0 aromatic heterocycles. The van der Waals surface area contributed by atoms with E-state index in [4.69, 9.17) is 5.11 Å². The lowest BCUT2D eigenvalue weighted by Gasteiger charge is -2.26. The summed E-state index contributed by atoms with van der Waals surface area (Å²) in [4.78, 5) is 13.0. The van der Waals surface area contributed by atoms with Gasteiger partial charge >= 0.3 is 5.97 Å². The molecular formula is C10H20ClNO2. The first kappa shape index (κ1) is 13.7. The van der Waals surface area contributed by atoms with Gasteiger partial charge in [-0.1, -0.05) is 19.8 Å². The first-order chi connectivity index (χ1) is 6.25. The number of halogens is 1. The second kappa shape index (κ2) is 7.07. The van der Waals surface area contributed by atoms with Gasteiger partial charge in [-0.15, -0.1) is 12.4 Å². The standard InChI is InChI=1S/C10H19NO2.ClH/c1-2-9(10(12)13)11-7-5-3-4-6-8-11;/h9H,2-8H2,1H3,(H,12,13);1H. The molecule has 0 spiro atoms. The van der Waals surface area contributed by atoms with Gasteiger partial charge in [0, 0.05) is 0 Å². The Kier molecular flexibility index (Phi) is 6.93. The van der Waals surface area contributed by atoms with Crippen molar-refractivity contribution in [1.29, 1.82) is 0 Å². The summed E-state index contributed by atoms with van der Waals surface area (Å²) in [6.07, 6.45) is 5.54. The fourth-order valence-electron chi connectivity index (χ4n) is 2.00. The van der Waals surface area contributed by atoms with Gasteiger partial charge in [0.15, 0.2) is 0 Å². The largest absolute Gasteiger partial charge is 0.480 e. The monoisotopic (exact) mass is 221 g/mol. The van der Waals surface area contributed by atoms with Crippen molar-refractivity contribution >= 4 is 18.4 Å². The molecule has 3 nitrogen and oxygen atoms in total. The summed E-state index contributed by atoms with van der Waals surface area (Å²) in [6.45, 7) is 3.87. The molecule has 1 atom stereocenters. The summed E-state index contributed by atoms with van der Waals surface area (Å²) in [7, 11) is 0. The van der Waals surface area contributed by atoms with E-state index < -0.39 is 5.97 Å². The molecule has 0 aromatic rings. The second-order valence-corrected chi connectivity index (χ2v) is 3.71. The number of nitrogens with zero attached hydrogens (tertiary/aromatic N) is 1. The Morgan fingerprint density at radius 3 is 2.14 bits per heavy atom. The zero-order chi connectivity index (χ0) is 9.68. The molecule has 0 radical (unpaired) electrons. The Balaban J connectivity index is 0.00000169. The Bertz CT molecular complexity index is 168. The molecule has 1 N–H and O–H groups in total. The Morgan fingerprint density at radius 1 is 1.29 bits per heavy atom. The molecule has 1 fully saturated rings. The van der Waals surface area contributed by atoms with E-state index in [2.05, 4.69) is 4.90 Å². The Hall–Kier alpha value is -0.280. The summed E-state index contributed by atoms with van der Waals surface area (Å²) < 4.78 is 0. The van der Waals surface area contributed by atoms with Gasteiger partial charge in [-0.05, 0) is 32.4 Å². The minimum Gasteiger partial charge on any atom is -0.480 e. The molecule has 1 aliphatic rings. The molecular weight excluding hydrogens is 202 g/mol. The van der Waals surface area contributed by atoms with Gasteiger partial charge in [0.1, 0.15) is 6.04 Å². The van der Waals surface area contributed by atoms with Crippen LogP contribution in [-0.4, -0.2) is 35.1 Å². The van der Waals surface area contributed by atoms with Crippen molar-refractivity contribution in [2.24, 2.45) is 0 Å². The number of hydrogen-bond donors (Lipinski definition) is 1. The Morgan fingerprint density at radius 2 is 1.79 bits per heavy atom. The smallest absolute Gasteiger partial charge is 0.320 e. The summed E-state index contributed by atoms with van der Waals surface area (Å²) in [5.41, 5.74) is 0. The Labute approximate surface area is 91.9 Å². The number of carboxylic acid groups (broad SMARTS) is 1. The average molecular weight is 222 g/mol. The topological polar surface area (TPSA) is 40.5 Å². The van der Waals surface area contributed by atoms with Gasteiger partial charge < -0.3 is 5.11 Å². The number of carboxylic acids is 1. The highest BCUT2D eigenvalue weighted by atomic mass is 35.5.